The normalized spacial score (nSPS) is 18.0. The second-order valence-electron chi connectivity index (χ2n) is 7.70. The Morgan fingerprint density at radius 3 is 2.52 bits per heavy atom. The molecule has 2 aromatic rings. The molecule has 2 aromatic heterocycles. The van der Waals surface area contributed by atoms with Crippen LogP contribution in [0.2, 0.25) is 0 Å². The van der Waals surface area contributed by atoms with Crippen LogP contribution < -0.4 is 15.5 Å². The Bertz CT molecular complexity index is 794. The summed E-state index contributed by atoms with van der Waals surface area (Å²) in [6, 6.07) is 3.78. The van der Waals surface area contributed by atoms with E-state index in [0.29, 0.717) is 17.4 Å². The number of hydrogen-bond donors (Lipinski definition) is 2. The molecule has 1 amide bonds. The SMILES string of the molecule is Cl.Cn1nc(C2CCNCC2)nc1NC(=O)c1ccc(N2CCCCCC2)nc1. The minimum atomic E-state index is -0.206. The quantitative estimate of drug-likeness (QED) is 0.792. The van der Waals surface area contributed by atoms with Crippen LogP contribution in [0.25, 0.3) is 0 Å². The van der Waals surface area contributed by atoms with Crippen molar-refractivity contribution in [2.24, 2.45) is 7.05 Å². The molecule has 0 radical (unpaired) electrons. The number of nitrogens with one attached hydrogen (secondary N) is 2. The summed E-state index contributed by atoms with van der Waals surface area (Å²) in [5, 5.41) is 10.7. The van der Waals surface area contributed by atoms with Gasteiger partial charge >= 0.3 is 0 Å². The van der Waals surface area contributed by atoms with E-state index in [4.69, 9.17) is 0 Å². The van der Waals surface area contributed by atoms with Crippen molar-refractivity contribution in [1.29, 1.82) is 0 Å². The monoisotopic (exact) mass is 419 g/mol. The molecule has 0 saturated carbocycles. The molecule has 0 aliphatic carbocycles. The Morgan fingerprint density at radius 2 is 1.86 bits per heavy atom. The molecule has 0 atom stereocenters. The molecule has 2 aliphatic rings. The number of pyridine rings is 1. The molecule has 158 valence electrons. The standard InChI is InChI=1S/C20H29N7O.ClH/c1-26-20(23-18(25-26)15-8-10-21-11-9-15)24-19(28)16-6-7-17(22-14-16)27-12-4-2-3-5-13-27;/h6-7,14-15,21H,2-5,8-13H2,1H3,(H,23,24,25,28);1H. The molecule has 0 aromatic carbocycles. The van der Waals surface area contributed by atoms with Gasteiger partial charge in [-0.1, -0.05) is 12.8 Å². The molecule has 4 rings (SSSR count). The third kappa shape index (κ3) is 5.25. The zero-order valence-electron chi connectivity index (χ0n) is 16.9. The van der Waals surface area contributed by atoms with Gasteiger partial charge in [0.15, 0.2) is 5.82 Å². The average Bonchev–Trinajstić information content (AvgIpc) is 2.93. The smallest absolute Gasteiger partial charge is 0.259 e. The van der Waals surface area contributed by atoms with E-state index in [1.807, 2.05) is 19.2 Å². The molecule has 0 unspecified atom stereocenters. The third-order valence-corrected chi connectivity index (χ3v) is 5.65. The number of amides is 1. The predicted octanol–water partition coefficient (Wildman–Crippen LogP) is 2.73. The van der Waals surface area contributed by atoms with Gasteiger partial charge in [0.1, 0.15) is 5.82 Å². The highest BCUT2D eigenvalue weighted by Gasteiger charge is 2.21. The fourth-order valence-corrected chi connectivity index (χ4v) is 3.95. The molecule has 29 heavy (non-hydrogen) atoms. The van der Waals surface area contributed by atoms with Gasteiger partial charge in [-0.25, -0.2) is 9.67 Å². The zero-order valence-corrected chi connectivity index (χ0v) is 17.7. The van der Waals surface area contributed by atoms with Crippen LogP contribution in [0.15, 0.2) is 18.3 Å². The Labute approximate surface area is 177 Å². The van der Waals surface area contributed by atoms with E-state index in [2.05, 4.69) is 30.6 Å². The van der Waals surface area contributed by atoms with Crippen molar-refractivity contribution in [3.8, 4) is 0 Å². The van der Waals surface area contributed by atoms with Gasteiger partial charge in [-0.2, -0.15) is 10.1 Å². The summed E-state index contributed by atoms with van der Waals surface area (Å²) in [5.41, 5.74) is 0.532. The summed E-state index contributed by atoms with van der Waals surface area (Å²) in [7, 11) is 1.81. The number of nitrogens with zero attached hydrogens (tertiary/aromatic N) is 5. The lowest BCUT2D eigenvalue weighted by Crippen LogP contribution is -2.27. The van der Waals surface area contributed by atoms with Crippen molar-refractivity contribution < 1.29 is 4.79 Å². The van der Waals surface area contributed by atoms with Crippen LogP contribution in [-0.2, 0) is 7.05 Å². The van der Waals surface area contributed by atoms with Gasteiger partial charge < -0.3 is 10.2 Å². The van der Waals surface area contributed by atoms with Crippen LogP contribution in [0.4, 0.5) is 11.8 Å². The Hall–Kier alpha value is -2.19. The molecule has 8 nitrogen and oxygen atoms in total. The maximum atomic E-state index is 12.6. The number of rotatable bonds is 4. The fourth-order valence-electron chi connectivity index (χ4n) is 3.95. The number of aromatic nitrogens is 4. The molecule has 0 bridgehead atoms. The van der Waals surface area contributed by atoms with Gasteiger partial charge in [0, 0.05) is 32.3 Å². The predicted molar refractivity (Wildman–Crippen MR) is 116 cm³/mol. The van der Waals surface area contributed by atoms with Crippen LogP contribution in [-0.4, -0.2) is 51.8 Å². The molecule has 2 fully saturated rings. The number of hydrogen-bond acceptors (Lipinski definition) is 6. The first-order valence-corrected chi connectivity index (χ1v) is 10.3. The van der Waals surface area contributed by atoms with E-state index in [9.17, 15) is 4.79 Å². The Kier molecular flexibility index (Phi) is 7.44. The molecule has 2 saturated heterocycles. The minimum absolute atomic E-state index is 0. The van der Waals surface area contributed by atoms with Crippen molar-refractivity contribution in [2.45, 2.75) is 44.4 Å². The lowest BCUT2D eigenvalue weighted by Gasteiger charge is -2.21. The number of halogens is 1. The highest BCUT2D eigenvalue weighted by molar-refractivity contribution is 6.03. The molecular weight excluding hydrogens is 390 g/mol. The van der Waals surface area contributed by atoms with Crippen molar-refractivity contribution in [2.75, 3.05) is 36.4 Å². The molecule has 9 heteroatoms. The first-order chi connectivity index (χ1) is 13.7. The number of anilines is 2. The van der Waals surface area contributed by atoms with Crippen LogP contribution in [0.3, 0.4) is 0 Å². The van der Waals surface area contributed by atoms with Crippen LogP contribution in [0, 0.1) is 0 Å². The lowest BCUT2D eigenvalue weighted by molar-refractivity contribution is 0.102. The van der Waals surface area contributed by atoms with Gasteiger partial charge in [0.05, 0.1) is 5.56 Å². The molecule has 2 N–H and O–H groups in total. The summed E-state index contributed by atoms with van der Waals surface area (Å²) in [6.45, 7) is 4.05. The topological polar surface area (TPSA) is 88.0 Å². The number of carbonyl (C=O) groups excluding carboxylic acids is 1. The van der Waals surface area contributed by atoms with Crippen molar-refractivity contribution in [3.05, 3.63) is 29.7 Å². The van der Waals surface area contributed by atoms with E-state index in [1.165, 1.54) is 25.7 Å². The summed E-state index contributed by atoms with van der Waals surface area (Å²) in [5.74, 6) is 2.39. The second-order valence-corrected chi connectivity index (χ2v) is 7.70. The van der Waals surface area contributed by atoms with Crippen LogP contribution >= 0.6 is 12.4 Å². The average molecular weight is 420 g/mol. The largest absolute Gasteiger partial charge is 0.357 e. The maximum Gasteiger partial charge on any atom is 0.259 e. The first kappa shape index (κ1) is 21.5. The third-order valence-electron chi connectivity index (χ3n) is 5.65. The second kappa shape index (κ2) is 10.0. The summed E-state index contributed by atoms with van der Waals surface area (Å²) in [6.07, 6.45) is 8.69. The van der Waals surface area contributed by atoms with Gasteiger partial charge in [0.2, 0.25) is 5.95 Å². The summed E-state index contributed by atoms with van der Waals surface area (Å²) < 4.78 is 1.65. The van der Waals surface area contributed by atoms with Gasteiger partial charge in [-0.05, 0) is 50.9 Å². The van der Waals surface area contributed by atoms with Crippen molar-refractivity contribution >= 4 is 30.1 Å². The molecule has 0 spiro atoms. The highest BCUT2D eigenvalue weighted by Crippen LogP contribution is 2.23. The number of aryl methyl sites for hydroxylation is 1. The van der Waals surface area contributed by atoms with Crippen molar-refractivity contribution in [1.82, 2.24) is 25.1 Å². The van der Waals surface area contributed by atoms with Crippen molar-refractivity contribution in [3.63, 3.8) is 0 Å². The summed E-state index contributed by atoms with van der Waals surface area (Å²) in [4.78, 5) is 24.0. The van der Waals surface area contributed by atoms with Gasteiger partial charge in [-0.3, -0.25) is 10.1 Å². The van der Waals surface area contributed by atoms with E-state index < -0.39 is 0 Å². The van der Waals surface area contributed by atoms with Crippen LogP contribution in [0.1, 0.15) is 60.6 Å². The van der Waals surface area contributed by atoms with Gasteiger partial charge in [-0.15, -0.1) is 12.4 Å². The Balaban J connectivity index is 0.00000240. The molecule has 4 heterocycles. The maximum absolute atomic E-state index is 12.6. The lowest BCUT2D eigenvalue weighted by atomic mass is 9.98. The first-order valence-electron chi connectivity index (χ1n) is 10.3. The highest BCUT2D eigenvalue weighted by atomic mass is 35.5. The van der Waals surface area contributed by atoms with Gasteiger partial charge in [0.25, 0.3) is 5.91 Å². The van der Waals surface area contributed by atoms with E-state index >= 15 is 0 Å². The Morgan fingerprint density at radius 1 is 1.14 bits per heavy atom. The minimum Gasteiger partial charge on any atom is -0.357 e. The van der Waals surface area contributed by atoms with E-state index in [1.54, 1.807) is 10.9 Å². The zero-order chi connectivity index (χ0) is 19.3. The van der Waals surface area contributed by atoms with E-state index in [-0.39, 0.29) is 18.3 Å². The fraction of sp³-hybridized carbons (Fsp3) is 0.600. The molecular formula is C20H30ClN7O. The van der Waals surface area contributed by atoms with Crippen LogP contribution in [0.5, 0.6) is 0 Å². The summed E-state index contributed by atoms with van der Waals surface area (Å²) >= 11 is 0. The number of piperidine rings is 1. The number of carbonyl (C=O) groups is 1. The molecule has 2 aliphatic heterocycles. The van der Waals surface area contributed by atoms with E-state index in [0.717, 1.165) is 50.7 Å².